The predicted octanol–water partition coefficient (Wildman–Crippen LogP) is 3.75. The summed E-state index contributed by atoms with van der Waals surface area (Å²) in [5.41, 5.74) is 2.73. The van der Waals surface area contributed by atoms with Crippen molar-refractivity contribution in [2.75, 3.05) is 26.4 Å². The fourth-order valence-corrected chi connectivity index (χ4v) is 3.03. The van der Waals surface area contributed by atoms with Gasteiger partial charge in [0, 0.05) is 11.8 Å². The summed E-state index contributed by atoms with van der Waals surface area (Å²) in [5.74, 6) is 1.48. The number of nitrogens with zero attached hydrogens (tertiary/aromatic N) is 2. The van der Waals surface area contributed by atoms with Gasteiger partial charge < -0.3 is 18.9 Å². The molecule has 6 nitrogen and oxygen atoms in total. The molecule has 2 unspecified atom stereocenters. The summed E-state index contributed by atoms with van der Waals surface area (Å²) in [5, 5.41) is 5.22. The first kappa shape index (κ1) is 17.6. The van der Waals surface area contributed by atoms with Crippen molar-refractivity contribution < 1.29 is 18.9 Å². The Bertz CT molecular complexity index is 965. The van der Waals surface area contributed by atoms with Gasteiger partial charge in [-0.05, 0) is 48.5 Å². The zero-order chi connectivity index (χ0) is 18.9. The highest BCUT2D eigenvalue weighted by Crippen LogP contribution is 2.30. The first-order valence-corrected chi connectivity index (χ1v) is 9.57. The van der Waals surface area contributed by atoms with Crippen LogP contribution in [0.4, 0.5) is 0 Å². The Hall–Kier alpha value is -2.54. The monoisotopic (exact) mass is 398 g/mol. The van der Waals surface area contributed by atoms with Crippen molar-refractivity contribution in [3.05, 3.63) is 59.8 Å². The highest BCUT2D eigenvalue weighted by Gasteiger charge is 2.24. The van der Waals surface area contributed by atoms with Gasteiger partial charge >= 0.3 is 0 Å². The van der Waals surface area contributed by atoms with Crippen molar-refractivity contribution in [3.8, 4) is 28.4 Å². The molecule has 2 aliphatic heterocycles. The third-order valence-electron chi connectivity index (χ3n) is 4.58. The Morgan fingerprint density at radius 1 is 0.964 bits per heavy atom. The molecule has 144 valence electrons. The lowest BCUT2D eigenvalue weighted by atomic mass is 10.1. The molecule has 28 heavy (non-hydrogen) atoms. The maximum absolute atomic E-state index is 6.36. The van der Waals surface area contributed by atoms with Crippen molar-refractivity contribution in [2.45, 2.75) is 12.2 Å². The summed E-state index contributed by atoms with van der Waals surface area (Å²) in [6.45, 7) is 2.68. The average Bonchev–Trinajstić information content (AvgIpc) is 3.65. The van der Waals surface area contributed by atoms with Gasteiger partial charge in [-0.1, -0.05) is 11.6 Å². The lowest BCUT2D eigenvalue weighted by Gasteiger charge is -2.08. The second-order valence-electron chi connectivity index (χ2n) is 6.82. The Morgan fingerprint density at radius 2 is 1.68 bits per heavy atom. The predicted molar refractivity (Wildman–Crippen MR) is 104 cm³/mol. The summed E-state index contributed by atoms with van der Waals surface area (Å²) in [7, 11) is 0. The molecule has 2 fully saturated rings. The van der Waals surface area contributed by atoms with Gasteiger partial charge in [0.2, 0.25) is 0 Å². The Kier molecular flexibility index (Phi) is 4.68. The lowest BCUT2D eigenvalue weighted by molar-refractivity contribution is 0.263. The van der Waals surface area contributed by atoms with E-state index in [2.05, 4.69) is 5.10 Å². The van der Waals surface area contributed by atoms with Crippen LogP contribution in [0.15, 0.2) is 54.7 Å². The van der Waals surface area contributed by atoms with Gasteiger partial charge in [0.15, 0.2) is 0 Å². The van der Waals surface area contributed by atoms with Crippen molar-refractivity contribution in [2.24, 2.45) is 0 Å². The highest BCUT2D eigenvalue weighted by molar-refractivity contribution is 6.32. The number of aromatic nitrogens is 2. The minimum Gasteiger partial charge on any atom is -0.491 e. The summed E-state index contributed by atoms with van der Waals surface area (Å²) in [6, 6.07) is 15.5. The van der Waals surface area contributed by atoms with Gasteiger partial charge in [-0.15, -0.1) is 0 Å². The normalized spacial score (nSPS) is 20.0. The van der Waals surface area contributed by atoms with Crippen LogP contribution in [-0.2, 0) is 9.47 Å². The first-order valence-electron chi connectivity index (χ1n) is 9.19. The Balaban J connectivity index is 1.27. The van der Waals surface area contributed by atoms with Crippen LogP contribution < -0.4 is 9.47 Å². The molecule has 0 saturated carbocycles. The second-order valence-corrected chi connectivity index (χ2v) is 7.22. The SMILES string of the molecule is Clc1cc(-c2ccn(-c3ccc(OCC4CO4)cc3)n2)ccc1OCC1CO1. The van der Waals surface area contributed by atoms with Gasteiger partial charge in [0.25, 0.3) is 0 Å². The molecule has 2 atom stereocenters. The Labute approximate surface area is 167 Å². The van der Waals surface area contributed by atoms with E-state index in [4.69, 9.17) is 30.5 Å². The van der Waals surface area contributed by atoms with Crippen molar-refractivity contribution in [1.82, 2.24) is 9.78 Å². The number of rotatable bonds is 8. The van der Waals surface area contributed by atoms with Crippen LogP contribution in [0.1, 0.15) is 0 Å². The largest absolute Gasteiger partial charge is 0.491 e. The first-order chi connectivity index (χ1) is 13.7. The smallest absolute Gasteiger partial charge is 0.138 e. The van der Waals surface area contributed by atoms with Crippen molar-refractivity contribution in [3.63, 3.8) is 0 Å². The third-order valence-corrected chi connectivity index (χ3v) is 4.88. The fraction of sp³-hybridized carbons (Fsp3) is 0.286. The van der Waals surface area contributed by atoms with Crippen LogP contribution in [0, 0.1) is 0 Å². The zero-order valence-corrected chi connectivity index (χ0v) is 15.8. The number of ether oxygens (including phenoxy) is 4. The topological polar surface area (TPSA) is 61.3 Å². The molecule has 0 bridgehead atoms. The summed E-state index contributed by atoms with van der Waals surface area (Å²) >= 11 is 6.36. The molecular formula is C21H19ClN2O4. The van der Waals surface area contributed by atoms with Crippen molar-refractivity contribution in [1.29, 1.82) is 0 Å². The summed E-state index contributed by atoms with van der Waals surface area (Å²) in [6.07, 6.45) is 2.37. The van der Waals surface area contributed by atoms with Crippen LogP contribution in [0.5, 0.6) is 11.5 Å². The molecule has 2 aromatic carbocycles. The van der Waals surface area contributed by atoms with Crippen LogP contribution >= 0.6 is 11.6 Å². The van der Waals surface area contributed by atoms with Crippen molar-refractivity contribution >= 4 is 11.6 Å². The highest BCUT2D eigenvalue weighted by atomic mass is 35.5. The number of hydrogen-bond donors (Lipinski definition) is 0. The quantitative estimate of drug-likeness (QED) is 0.541. The molecule has 0 spiro atoms. The average molecular weight is 399 g/mol. The van der Waals surface area contributed by atoms with E-state index in [0.717, 1.165) is 35.9 Å². The minimum absolute atomic E-state index is 0.199. The van der Waals surface area contributed by atoms with Crippen LogP contribution in [-0.4, -0.2) is 48.4 Å². The standard InChI is InChI=1S/C21H19ClN2O4/c22-19-9-14(1-6-21(19)28-13-18-12-27-18)20-7-8-24(23-20)15-2-4-16(5-3-15)25-10-17-11-26-17/h1-9,17-18H,10-13H2. The van der Waals surface area contributed by atoms with Crippen LogP contribution in [0.25, 0.3) is 16.9 Å². The number of benzene rings is 2. The van der Waals surface area contributed by atoms with Gasteiger partial charge in [-0.2, -0.15) is 5.10 Å². The van der Waals surface area contributed by atoms with E-state index < -0.39 is 0 Å². The number of halogens is 1. The molecule has 0 aliphatic carbocycles. The Morgan fingerprint density at radius 3 is 2.36 bits per heavy atom. The van der Waals surface area contributed by atoms with E-state index in [9.17, 15) is 0 Å². The molecule has 3 heterocycles. The van der Waals surface area contributed by atoms with E-state index in [1.54, 1.807) is 0 Å². The maximum Gasteiger partial charge on any atom is 0.138 e. The summed E-state index contributed by atoms with van der Waals surface area (Å²) < 4.78 is 23.5. The van der Waals surface area contributed by atoms with E-state index in [-0.39, 0.29) is 12.2 Å². The fourth-order valence-electron chi connectivity index (χ4n) is 2.79. The molecule has 3 aromatic rings. The molecule has 1 aromatic heterocycles. The number of hydrogen-bond acceptors (Lipinski definition) is 5. The summed E-state index contributed by atoms with van der Waals surface area (Å²) in [4.78, 5) is 0. The lowest BCUT2D eigenvalue weighted by Crippen LogP contribution is -2.04. The van der Waals surface area contributed by atoms with E-state index >= 15 is 0 Å². The minimum atomic E-state index is 0.199. The molecule has 7 heteroatoms. The second kappa shape index (κ2) is 7.47. The maximum atomic E-state index is 6.36. The molecular weight excluding hydrogens is 380 g/mol. The van der Waals surface area contributed by atoms with Crippen LogP contribution in [0.3, 0.4) is 0 Å². The van der Waals surface area contributed by atoms with Crippen LogP contribution in [0.2, 0.25) is 5.02 Å². The third kappa shape index (κ3) is 4.14. The molecule has 0 N–H and O–H groups in total. The van der Waals surface area contributed by atoms with E-state index in [0.29, 0.717) is 24.0 Å². The molecule has 5 rings (SSSR count). The molecule has 2 saturated heterocycles. The van der Waals surface area contributed by atoms with Gasteiger partial charge in [-0.25, -0.2) is 4.68 Å². The van der Waals surface area contributed by atoms with E-state index in [1.165, 1.54) is 0 Å². The number of epoxide rings is 2. The molecule has 2 aliphatic rings. The molecule has 0 amide bonds. The zero-order valence-electron chi connectivity index (χ0n) is 15.1. The van der Waals surface area contributed by atoms with Gasteiger partial charge in [0.1, 0.15) is 36.9 Å². The molecule has 0 radical (unpaired) electrons. The van der Waals surface area contributed by atoms with Gasteiger partial charge in [0.05, 0.1) is 29.6 Å². The van der Waals surface area contributed by atoms with Gasteiger partial charge in [-0.3, -0.25) is 0 Å². The van der Waals surface area contributed by atoms with E-state index in [1.807, 2.05) is 59.4 Å².